The molecule has 0 fully saturated rings. The summed E-state index contributed by atoms with van der Waals surface area (Å²) in [4.78, 5) is 24.7. The van der Waals surface area contributed by atoms with Gasteiger partial charge >= 0.3 is 6.09 Å². The molecule has 43 heavy (non-hydrogen) atoms. The summed E-state index contributed by atoms with van der Waals surface area (Å²) in [5.74, 6) is 1.18. The van der Waals surface area contributed by atoms with Gasteiger partial charge in [-0.05, 0) is 42.7 Å². The van der Waals surface area contributed by atoms with Gasteiger partial charge in [-0.15, -0.1) is 0 Å². The smallest absolute Gasteiger partial charge is 0.412 e. The summed E-state index contributed by atoms with van der Waals surface area (Å²) in [6.45, 7) is -0.345. The predicted octanol–water partition coefficient (Wildman–Crippen LogP) is 4.55. The number of fused-ring (bicyclic) bond motifs is 1. The zero-order valence-electron chi connectivity index (χ0n) is 22.8. The molecule has 0 saturated carbocycles. The van der Waals surface area contributed by atoms with Crippen molar-refractivity contribution in [1.82, 2.24) is 15.0 Å². The Morgan fingerprint density at radius 2 is 1.79 bits per heavy atom. The Morgan fingerprint density at radius 1 is 1.00 bits per heavy atom. The van der Waals surface area contributed by atoms with Crippen LogP contribution in [0.25, 0.3) is 0 Å². The number of para-hydroxylation sites is 2. The Morgan fingerprint density at radius 3 is 2.56 bits per heavy atom. The molecule has 1 aliphatic rings. The van der Waals surface area contributed by atoms with Gasteiger partial charge in [-0.1, -0.05) is 30.0 Å². The number of rotatable bonds is 12. The first-order valence-corrected chi connectivity index (χ1v) is 15.2. The van der Waals surface area contributed by atoms with E-state index in [-0.39, 0.29) is 59.0 Å². The number of aromatic nitrogens is 3. The van der Waals surface area contributed by atoms with E-state index in [1.165, 1.54) is 31.5 Å². The summed E-state index contributed by atoms with van der Waals surface area (Å²) >= 11 is 1.15. The molecule has 0 saturated heterocycles. The number of thioether (sulfide) groups is 1. The number of ether oxygens (including phenoxy) is 6. The number of amides is 1. The number of hydrogen-bond acceptors (Lipinski definition) is 13. The fraction of sp³-hybridized carbons (Fsp3) is 0.185. The quantitative estimate of drug-likeness (QED) is 0.128. The van der Waals surface area contributed by atoms with Gasteiger partial charge in [0.1, 0.15) is 19.0 Å². The number of anilines is 2. The highest BCUT2D eigenvalue weighted by Gasteiger charge is 2.26. The largest absolute Gasteiger partial charge is 0.493 e. The molecular formula is C27H25N5O9S2. The van der Waals surface area contributed by atoms with Gasteiger partial charge in [0.05, 0.1) is 12.0 Å². The van der Waals surface area contributed by atoms with E-state index >= 15 is 0 Å². The van der Waals surface area contributed by atoms with Crippen molar-refractivity contribution in [3.8, 4) is 34.6 Å². The van der Waals surface area contributed by atoms with Crippen molar-refractivity contribution in [2.45, 2.75) is 10.1 Å². The summed E-state index contributed by atoms with van der Waals surface area (Å²) in [5, 5.41) is 2.67. The summed E-state index contributed by atoms with van der Waals surface area (Å²) in [6, 6.07) is 16.0. The molecule has 5 rings (SSSR count). The minimum atomic E-state index is -4.21. The van der Waals surface area contributed by atoms with Crippen molar-refractivity contribution in [1.29, 1.82) is 0 Å². The molecule has 0 atom stereocenters. The topological polar surface area (TPSA) is 169 Å². The van der Waals surface area contributed by atoms with Crippen LogP contribution in [0.3, 0.4) is 0 Å². The van der Waals surface area contributed by atoms with Crippen molar-refractivity contribution < 1.29 is 41.6 Å². The number of benzene rings is 2. The van der Waals surface area contributed by atoms with Crippen LogP contribution in [0.1, 0.15) is 0 Å². The number of sulfonamides is 1. The Labute approximate surface area is 250 Å². The molecule has 16 heteroatoms. The van der Waals surface area contributed by atoms with Crippen molar-refractivity contribution in [2.24, 2.45) is 0 Å². The molecule has 0 aliphatic carbocycles. The van der Waals surface area contributed by atoms with E-state index in [0.29, 0.717) is 17.3 Å². The van der Waals surface area contributed by atoms with E-state index in [9.17, 15) is 13.2 Å². The zero-order chi connectivity index (χ0) is 30.2. The Kier molecular flexibility index (Phi) is 9.17. The number of methoxy groups -OCH3 is 1. The molecule has 0 spiro atoms. The maximum absolute atomic E-state index is 13.5. The Balaban J connectivity index is 1.41. The number of pyridine rings is 1. The maximum Gasteiger partial charge on any atom is 0.412 e. The highest BCUT2D eigenvalue weighted by Crippen LogP contribution is 2.42. The molecule has 1 aliphatic heterocycles. The molecule has 0 bridgehead atoms. The highest BCUT2D eigenvalue weighted by molar-refractivity contribution is 7.98. The van der Waals surface area contributed by atoms with Gasteiger partial charge in [0.25, 0.3) is 15.9 Å². The average molecular weight is 628 g/mol. The molecule has 1 amide bonds. The third-order valence-electron chi connectivity index (χ3n) is 5.61. The van der Waals surface area contributed by atoms with Gasteiger partial charge < -0.3 is 28.4 Å². The van der Waals surface area contributed by atoms with Crippen LogP contribution in [0.4, 0.5) is 16.4 Å². The van der Waals surface area contributed by atoms with E-state index in [1.807, 2.05) is 0 Å². The SMILES string of the molecule is COc1ccccc1Oc1c(NS(=O)(=O)c2ccc3c(c2)OCO3)nc(SC)nc1OCCOC(=O)Nc1ccccn1. The van der Waals surface area contributed by atoms with E-state index in [1.54, 1.807) is 48.7 Å². The van der Waals surface area contributed by atoms with Gasteiger partial charge in [-0.3, -0.25) is 10.0 Å². The number of nitrogens with one attached hydrogen (secondary N) is 2. The normalized spacial score (nSPS) is 11.9. The average Bonchev–Trinajstić information content (AvgIpc) is 3.49. The van der Waals surface area contributed by atoms with Crippen LogP contribution in [0, 0.1) is 0 Å². The molecule has 2 aromatic carbocycles. The first-order valence-electron chi connectivity index (χ1n) is 12.5. The molecular weight excluding hydrogens is 602 g/mol. The molecule has 3 heterocycles. The second kappa shape index (κ2) is 13.3. The molecule has 2 N–H and O–H groups in total. The van der Waals surface area contributed by atoms with Crippen LogP contribution in [0.2, 0.25) is 0 Å². The zero-order valence-corrected chi connectivity index (χ0v) is 24.4. The molecule has 14 nitrogen and oxygen atoms in total. The third-order valence-corrected chi connectivity index (χ3v) is 7.50. The van der Waals surface area contributed by atoms with Crippen LogP contribution in [0.15, 0.2) is 76.9 Å². The van der Waals surface area contributed by atoms with Gasteiger partial charge in [0.2, 0.25) is 12.5 Å². The first kappa shape index (κ1) is 29.5. The van der Waals surface area contributed by atoms with Crippen molar-refractivity contribution in [3.05, 3.63) is 66.9 Å². The molecule has 4 aromatic rings. The molecule has 0 radical (unpaired) electrons. The van der Waals surface area contributed by atoms with Crippen LogP contribution in [0.5, 0.6) is 34.6 Å². The van der Waals surface area contributed by atoms with Crippen LogP contribution >= 0.6 is 11.8 Å². The predicted molar refractivity (Wildman–Crippen MR) is 155 cm³/mol. The molecule has 2 aromatic heterocycles. The maximum atomic E-state index is 13.5. The molecule has 0 unspecified atom stereocenters. The number of carbonyl (C=O) groups is 1. The number of carbonyl (C=O) groups excluding carboxylic acids is 1. The monoisotopic (exact) mass is 627 g/mol. The first-order chi connectivity index (χ1) is 20.9. The standard InChI is InChI=1S/C27H25N5O9S2/c1-36-18-7-3-4-8-20(18)41-23-24(32-43(34,35)17-10-11-19-21(15-17)40-16-39-19)30-26(42-2)31-25(23)37-13-14-38-27(33)29-22-9-5-6-12-28-22/h3-12,15H,13-14,16H2,1-2H3,(H,28,29,33)(H,30,31,32). The second-order valence-electron chi connectivity index (χ2n) is 8.39. The van der Waals surface area contributed by atoms with E-state index in [0.717, 1.165) is 11.8 Å². The lowest BCUT2D eigenvalue weighted by molar-refractivity contribution is 0.135. The third kappa shape index (κ3) is 7.28. The van der Waals surface area contributed by atoms with Gasteiger partial charge in [0, 0.05) is 12.3 Å². The van der Waals surface area contributed by atoms with Crippen LogP contribution < -0.4 is 33.7 Å². The van der Waals surface area contributed by atoms with E-state index in [2.05, 4.69) is 25.0 Å². The summed E-state index contributed by atoms with van der Waals surface area (Å²) < 4.78 is 62.5. The summed E-state index contributed by atoms with van der Waals surface area (Å²) in [5.41, 5.74) is 0. The number of nitrogens with zero attached hydrogens (tertiary/aromatic N) is 3. The Hall–Kier alpha value is -4.96. The van der Waals surface area contributed by atoms with Gasteiger partial charge in [-0.2, -0.15) is 4.98 Å². The fourth-order valence-corrected chi connectivity index (χ4v) is 5.03. The van der Waals surface area contributed by atoms with Crippen LogP contribution in [-0.2, 0) is 14.8 Å². The lowest BCUT2D eigenvalue weighted by Gasteiger charge is -2.18. The highest BCUT2D eigenvalue weighted by atomic mass is 32.2. The number of hydrogen-bond donors (Lipinski definition) is 2. The summed E-state index contributed by atoms with van der Waals surface area (Å²) in [7, 11) is -2.75. The minimum absolute atomic E-state index is 0.0125. The van der Waals surface area contributed by atoms with Crippen molar-refractivity contribution in [2.75, 3.05) is 43.4 Å². The second-order valence-corrected chi connectivity index (χ2v) is 10.8. The van der Waals surface area contributed by atoms with Gasteiger partial charge in [0.15, 0.2) is 34.0 Å². The molecule has 224 valence electrons. The fourth-order valence-electron chi connectivity index (χ4n) is 3.65. The van der Waals surface area contributed by atoms with Crippen molar-refractivity contribution >= 4 is 39.5 Å². The summed E-state index contributed by atoms with van der Waals surface area (Å²) in [6.07, 6.45) is 2.50. The van der Waals surface area contributed by atoms with Crippen molar-refractivity contribution in [3.63, 3.8) is 0 Å². The van der Waals surface area contributed by atoms with Crippen LogP contribution in [-0.4, -0.2) is 62.8 Å². The minimum Gasteiger partial charge on any atom is -0.493 e. The lowest BCUT2D eigenvalue weighted by atomic mass is 10.3. The lowest BCUT2D eigenvalue weighted by Crippen LogP contribution is -2.19. The van der Waals surface area contributed by atoms with Gasteiger partial charge in [-0.25, -0.2) is 23.2 Å². The van der Waals surface area contributed by atoms with E-state index < -0.39 is 16.1 Å². The van der Waals surface area contributed by atoms with E-state index in [4.69, 9.17) is 28.4 Å². The Bertz CT molecular complexity index is 1710.